The summed E-state index contributed by atoms with van der Waals surface area (Å²) in [6.45, 7) is 0. The van der Waals surface area contributed by atoms with Crippen LogP contribution in [0, 0.1) is 0 Å². The van der Waals surface area contributed by atoms with E-state index in [2.05, 4.69) is 10.1 Å². The molecule has 24 heavy (non-hydrogen) atoms. The van der Waals surface area contributed by atoms with E-state index in [0.717, 1.165) is 5.56 Å². The van der Waals surface area contributed by atoms with Gasteiger partial charge in [-0.05, 0) is 36.2 Å². The zero-order valence-corrected chi connectivity index (χ0v) is 13.3. The molecule has 0 aliphatic rings. The molecule has 6 nitrogen and oxygen atoms in total. The fraction of sp³-hybridized carbons (Fsp3) is 0.222. The maximum atomic E-state index is 12.4. The molecule has 0 fully saturated rings. The van der Waals surface area contributed by atoms with Crippen LogP contribution in [0.3, 0.4) is 0 Å². The van der Waals surface area contributed by atoms with Crippen molar-refractivity contribution in [2.24, 2.45) is 0 Å². The smallest absolute Gasteiger partial charge is 0.336 e. The van der Waals surface area contributed by atoms with Crippen molar-refractivity contribution in [1.82, 2.24) is 5.32 Å². The Morgan fingerprint density at radius 3 is 2.33 bits per heavy atom. The lowest BCUT2D eigenvalue weighted by atomic mass is 10.0. The third kappa shape index (κ3) is 4.57. The number of benzene rings is 2. The summed E-state index contributed by atoms with van der Waals surface area (Å²) in [5.41, 5.74) is 7.41. The monoisotopic (exact) mass is 328 g/mol. The molecule has 0 heterocycles. The molecule has 126 valence electrons. The first-order valence-electron chi connectivity index (χ1n) is 7.47. The summed E-state index contributed by atoms with van der Waals surface area (Å²) < 4.78 is 4.58. The van der Waals surface area contributed by atoms with Gasteiger partial charge < -0.3 is 20.9 Å². The highest BCUT2D eigenvalue weighted by Crippen LogP contribution is 2.10. The third-order valence-electron chi connectivity index (χ3n) is 3.61. The molecule has 2 aromatic rings. The van der Waals surface area contributed by atoms with Gasteiger partial charge in [0.1, 0.15) is 0 Å². The second-order valence-electron chi connectivity index (χ2n) is 5.36. The fourth-order valence-electron chi connectivity index (χ4n) is 2.28. The van der Waals surface area contributed by atoms with E-state index < -0.39 is 24.0 Å². The van der Waals surface area contributed by atoms with Crippen LogP contribution >= 0.6 is 0 Å². The number of methoxy groups -OCH3 is 1. The molecule has 0 bridgehead atoms. The molecule has 4 N–H and O–H groups in total. The Balaban J connectivity index is 2.16. The number of rotatable bonds is 6. The Bertz CT molecular complexity index is 686. The Morgan fingerprint density at radius 1 is 1.12 bits per heavy atom. The van der Waals surface area contributed by atoms with Crippen LogP contribution in [0.1, 0.15) is 15.9 Å². The maximum Gasteiger partial charge on any atom is 0.336 e. The summed E-state index contributed by atoms with van der Waals surface area (Å²) in [5, 5.41) is 12.9. The van der Waals surface area contributed by atoms with Crippen molar-refractivity contribution < 1.29 is 19.4 Å². The van der Waals surface area contributed by atoms with Gasteiger partial charge >= 0.3 is 5.97 Å². The Kier molecular flexibility index (Phi) is 5.92. The minimum absolute atomic E-state index is 0.290. The van der Waals surface area contributed by atoms with Crippen molar-refractivity contribution in [3.63, 3.8) is 0 Å². The molecule has 1 amide bonds. The molecule has 2 rings (SSSR count). The number of carbonyl (C=O) groups is 2. The summed E-state index contributed by atoms with van der Waals surface area (Å²) >= 11 is 0. The molecule has 0 saturated carbocycles. The number of ether oxygens (including phenoxy) is 1. The minimum Gasteiger partial charge on any atom is -0.467 e. The van der Waals surface area contributed by atoms with Crippen LogP contribution in [0.25, 0.3) is 0 Å². The molecule has 0 spiro atoms. The second kappa shape index (κ2) is 8.12. The highest BCUT2D eigenvalue weighted by Gasteiger charge is 2.28. The van der Waals surface area contributed by atoms with Gasteiger partial charge in [0.25, 0.3) is 5.91 Å². The average molecular weight is 328 g/mol. The van der Waals surface area contributed by atoms with E-state index in [4.69, 9.17) is 5.73 Å². The molecule has 0 aliphatic carbocycles. The molecule has 0 saturated heterocycles. The molecular weight excluding hydrogens is 308 g/mol. The Morgan fingerprint density at radius 2 is 1.75 bits per heavy atom. The number of esters is 1. The number of nitrogen functional groups attached to an aromatic ring is 1. The van der Waals surface area contributed by atoms with Crippen LogP contribution in [-0.4, -0.2) is 36.2 Å². The normalized spacial score (nSPS) is 12.9. The van der Waals surface area contributed by atoms with Gasteiger partial charge in [-0.25, -0.2) is 4.79 Å². The van der Waals surface area contributed by atoms with Crippen molar-refractivity contribution in [1.29, 1.82) is 0 Å². The van der Waals surface area contributed by atoms with Gasteiger partial charge in [-0.15, -0.1) is 0 Å². The van der Waals surface area contributed by atoms with Gasteiger partial charge in [0.2, 0.25) is 0 Å². The summed E-state index contributed by atoms with van der Waals surface area (Å²) in [5.74, 6) is -1.20. The number of hydrogen-bond acceptors (Lipinski definition) is 5. The van der Waals surface area contributed by atoms with Crippen molar-refractivity contribution in [3.8, 4) is 0 Å². The quantitative estimate of drug-likeness (QED) is 0.545. The summed E-state index contributed by atoms with van der Waals surface area (Å²) in [7, 11) is 1.19. The number of carbonyl (C=O) groups excluding carboxylic acids is 2. The number of nitrogens with two attached hydrogens (primary N) is 1. The third-order valence-corrected chi connectivity index (χ3v) is 3.61. The molecular formula is C18H20N2O4. The van der Waals surface area contributed by atoms with Crippen LogP contribution in [0.15, 0.2) is 54.6 Å². The fourth-order valence-corrected chi connectivity index (χ4v) is 2.28. The van der Waals surface area contributed by atoms with Gasteiger partial charge in [-0.1, -0.05) is 30.3 Å². The number of amides is 1. The highest BCUT2D eigenvalue weighted by molar-refractivity contribution is 5.95. The number of aliphatic hydroxyl groups is 1. The topological polar surface area (TPSA) is 102 Å². The predicted molar refractivity (Wildman–Crippen MR) is 90.3 cm³/mol. The lowest BCUT2D eigenvalue weighted by molar-refractivity contribution is -0.151. The van der Waals surface area contributed by atoms with Gasteiger partial charge in [0.05, 0.1) is 13.2 Å². The predicted octanol–water partition coefficient (Wildman–Crippen LogP) is 1.14. The average Bonchev–Trinajstić information content (AvgIpc) is 2.61. The zero-order chi connectivity index (χ0) is 17.5. The number of nitrogens with one attached hydrogen (secondary N) is 1. The van der Waals surface area contributed by atoms with E-state index in [9.17, 15) is 14.7 Å². The Labute approximate surface area is 140 Å². The SMILES string of the molecule is COC(=O)[C@H](O)[C@H](Cc1ccccc1)NC(=O)c1ccc(N)cc1. The van der Waals surface area contributed by atoms with Crippen LogP contribution in [-0.2, 0) is 16.0 Å². The lowest BCUT2D eigenvalue weighted by Gasteiger charge is -2.22. The molecule has 0 unspecified atom stereocenters. The van der Waals surface area contributed by atoms with Gasteiger partial charge in [0, 0.05) is 11.3 Å². The molecule has 2 atom stereocenters. The van der Waals surface area contributed by atoms with Crippen molar-refractivity contribution >= 4 is 17.6 Å². The first kappa shape index (κ1) is 17.5. The summed E-state index contributed by atoms with van der Waals surface area (Å²) in [6, 6.07) is 14.8. The van der Waals surface area contributed by atoms with E-state index in [1.807, 2.05) is 30.3 Å². The minimum atomic E-state index is -1.46. The van der Waals surface area contributed by atoms with Gasteiger partial charge in [0.15, 0.2) is 6.10 Å². The van der Waals surface area contributed by atoms with Gasteiger partial charge in [-0.3, -0.25) is 4.79 Å². The van der Waals surface area contributed by atoms with Crippen LogP contribution < -0.4 is 11.1 Å². The van der Waals surface area contributed by atoms with Crippen LogP contribution in [0.4, 0.5) is 5.69 Å². The van der Waals surface area contributed by atoms with E-state index in [-0.39, 0.29) is 6.42 Å². The largest absolute Gasteiger partial charge is 0.467 e. The Hall–Kier alpha value is -2.86. The molecule has 2 aromatic carbocycles. The zero-order valence-electron chi connectivity index (χ0n) is 13.3. The van der Waals surface area contributed by atoms with Gasteiger partial charge in [-0.2, -0.15) is 0 Å². The summed E-state index contributed by atoms with van der Waals surface area (Å²) in [4.78, 5) is 24.0. The van der Waals surface area contributed by atoms with Crippen molar-refractivity contribution in [3.05, 3.63) is 65.7 Å². The first-order valence-corrected chi connectivity index (χ1v) is 7.47. The number of aliphatic hydroxyl groups excluding tert-OH is 1. The standard InChI is InChI=1S/C18H20N2O4/c1-24-18(23)16(21)15(11-12-5-3-2-4-6-12)20-17(22)13-7-9-14(19)10-8-13/h2-10,15-16,21H,11,19H2,1H3,(H,20,22)/t15-,16+/m0/s1. The second-order valence-corrected chi connectivity index (χ2v) is 5.36. The number of hydrogen-bond donors (Lipinski definition) is 3. The van der Waals surface area contributed by atoms with E-state index >= 15 is 0 Å². The molecule has 0 radical (unpaired) electrons. The summed E-state index contributed by atoms with van der Waals surface area (Å²) in [6.07, 6.45) is -1.18. The van der Waals surface area contributed by atoms with Crippen LogP contribution in [0.5, 0.6) is 0 Å². The van der Waals surface area contributed by atoms with E-state index in [0.29, 0.717) is 11.3 Å². The number of anilines is 1. The first-order chi connectivity index (χ1) is 11.5. The molecule has 0 aromatic heterocycles. The highest BCUT2D eigenvalue weighted by atomic mass is 16.5. The lowest BCUT2D eigenvalue weighted by Crippen LogP contribution is -2.48. The molecule has 6 heteroatoms. The van der Waals surface area contributed by atoms with Crippen LogP contribution in [0.2, 0.25) is 0 Å². The van der Waals surface area contributed by atoms with Crippen molar-refractivity contribution in [2.75, 3.05) is 12.8 Å². The van der Waals surface area contributed by atoms with E-state index in [1.165, 1.54) is 7.11 Å². The van der Waals surface area contributed by atoms with Crippen molar-refractivity contribution in [2.45, 2.75) is 18.6 Å². The van der Waals surface area contributed by atoms with E-state index in [1.54, 1.807) is 24.3 Å². The maximum absolute atomic E-state index is 12.4. The molecule has 0 aliphatic heterocycles.